The van der Waals surface area contributed by atoms with E-state index in [1.165, 1.54) is 63.1 Å². The Balaban J connectivity index is 1.99. The first kappa shape index (κ1) is 27.3. The minimum Gasteiger partial charge on any atom is -0.370 e. The van der Waals surface area contributed by atoms with Crippen molar-refractivity contribution in [2.24, 2.45) is 10.2 Å². The number of rotatable bonds is 15. The second kappa shape index (κ2) is 15.0. The lowest BCUT2D eigenvalue weighted by atomic mass is 10.1. The highest BCUT2D eigenvalue weighted by atomic mass is 35.5. The Labute approximate surface area is 207 Å². The van der Waals surface area contributed by atoms with Crippen LogP contribution in [0, 0.1) is 28.4 Å². The predicted octanol–water partition coefficient (Wildman–Crippen LogP) is 8.83. The number of nitriles is 1. The van der Waals surface area contributed by atoms with Crippen molar-refractivity contribution >= 4 is 34.4 Å². The van der Waals surface area contributed by atoms with Crippen LogP contribution in [0.15, 0.2) is 46.6 Å². The molecule has 2 aromatic carbocycles. The average Bonchev–Trinajstić information content (AvgIpc) is 2.82. The number of halogens is 1. The molecular formula is C26H34ClN5O2. The molecule has 0 aromatic heterocycles. The molecule has 0 aliphatic heterocycles. The van der Waals surface area contributed by atoms with Gasteiger partial charge in [-0.05, 0) is 43.2 Å². The lowest BCUT2D eigenvalue weighted by molar-refractivity contribution is -0.384. The van der Waals surface area contributed by atoms with E-state index in [0.29, 0.717) is 24.3 Å². The largest absolute Gasteiger partial charge is 0.370 e. The van der Waals surface area contributed by atoms with E-state index < -0.39 is 4.92 Å². The van der Waals surface area contributed by atoms with Crippen LogP contribution in [0.25, 0.3) is 0 Å². The highest BCUT2D eigenvalue weighted by molar-refractivity contribution is 6.33. The molecule has 0 saturated heterocycles. The Bertz CT molecular complexity index is 1000. The topological polar surface area (TPSA) is 94.9 Å². The molecule has 0 atom stereocenters. The number of nitro benzene ring substituents is 1. The van der Waals surface area contributed by atoms with E-state index in [-0.39, 0.29) is 10.7 Å². The summed E-state index contributed by atoms with van der Waals surface area (Å²) >= 11 is 6.11. The number of unbranched alkanes of at least 4 members (excludes halogenated alkanes) is 7. The zero-order chi connectivity index (χ0) is 24.8. The maximum atomic E-state index is 10.9. The highest BCUT2D eigenvalue weighted by Gasteiger charge is 2.11. The van der Waals surface area contributed by atoms with Crippen molar-refractivity contribution in [1.29, 1.82) is 5.26 Å². The number of nitro groups is 1. The monoisotopic (exact) mass is 483 g/mol. The van der Waals surface area contributed by atoms with E-state index in [1.54, 1.807) is 0 Å². The van der Waals surface area contributed by atoms with Gasteiger partial charge in [0, 0.05) is 30.9 Å². The molecule has 0 N–H and O–H groups in total. The Hall–Kier alpha value is -2.98. The van der Waals surface area contributed by atoms with Crippen LogP contribution in [0.1, 0.15) is 70.3 Å². The molecular weight excluding hydrogens is 450 g/mol. The molecule has 182 valence electrons. The van der Waals surface area contributed by atoms with Crippen LogP contribution in [0.4, 0.5) is 22.7 Å². The average molecular weight is 484 g/mol. The fourth-order valence-electron chi connectivity index (χ4n) is 3.74. The van der Waals surface area contributed by atoms with E-state index in [4.69, 9.17) is 16.9 Å². The van der Waals surface area contributed by atoms with Crippen LogP contribution in [-0.2, 0) is 0 Å². The lowest BCUT2D eigenvalue weighted by Crippen LogP contribution is -2.25. The Morgan fingerprint density at radius 2 is 1.62 bits per heavy atom. The number of nitrogens with zero attached hydrogens (tertiary/aromatic N) is 5. The zero-order valence-electron chi connectivity index (χ0n) is 20.2. The molecule has 34 heavy (non-hydrogen) atoms. The van der Waals surface area contributed by atoms with Gasteiger partial charge in [0.2, 0.25) is 0 Å². The summed E-state index contributed by atoms with van der Waals surface area (Å²) in [6.45, 7) is 5.83. The number of benzene rings is 2. The first-order chi connectivity index (χ1) is 16.5. The maximum Gasteiger partial charge on any atom is 0.271 e. The molecule has 0 aliphatic carbocycles. The van der Waals surface area contributed by atoms with E-state index in [9.17, 15) is 10.1 Å². The van der Waals surface area contributed by atoms with Crippen molar-refractivity contribution in [3.05, 3.63) is 57.1 Å². The van der Waals surface area contributed by atoms with Gasteiger partial charge in [-0.25, -0.2) is 0 Å². The lowest BCUT2D eigenvalue weighted by Gasteiger charge is -2.24. The van der Waals surface area contributed by atoms with Crippen molar-refractivity contribution in [1.82, 2.24) is 0 Å². The summed E-state index contributed by atoms with van der Waals surface area (Å²) in [5.74, 6) is 0. The van der Waals surface area contributed by atoms with Crippen molar-refractivity contribution in [2.75, 3.05) is 18.0 Å². The molecule has 0 bridgehead atoms. The summed E-state index contributed by atoms with van der Waals surface area (Å²) in [5, 5.41) is 28.6. The molecule has 0 heterocycles. The summed E-state index contributed by atoms with van der Waals surface area (Å²) in [6, 6.07) is 12.3. The molecule has 7 nitrogen and oxygen atoms in total. The molecule has 8 heteroatoms. The standard InChI is InChI=1S/C26H34ClN5O2/c1-3-4-5-6-7-8-9-10-17-31(18-11-16-28)22-12-14-25(21(2)19-22)29-30-26-15-13-23(32(33)34)20-24(26)27/h12-15,19-20H,3-11,17-18H2,1-2H3/b30-29-. The molecule has 0 fully saturated rings. The molecule has 0 spiro atoms. The molecule has 2 aromatic rings. The third-order valence-electron chi connectivity index (χ3n) is 5.73. The van der Waals surface area contributed by atoms with E-state index in [2.05, 4.69) is 34.2 Å². The summed E-state index contributed by atoms with van der Waals surface area (Å²) in [7, 11) is 0. The number of anilines is 1. The van der Waals surface area contributed by atoms with E-state index in [0.717, 1.165) is 24.2 Å². The molecule has 0 amide bonds. The molecule has 0 saturated carbocycles. The van der Waals surface area contributed by atoms with Crippen LogP contribution in [0.5, 0.6) is 0 Å². The highest BCUT2D eigenvalue weighted by Crippen LogP contribution is 2.32. The van der Waals surface area contributed by atoms with Gasteiger partial charge in [-0.15, -0.1) is 5.11 Å². The van der Waals surface area contributed by atoms with Crippen molar-refractivity contribution < 1.29 is 4.92 Å². The molecule has 2 rings (SSSR count). The SMILES string of the molecule is CCCCCCCCCCN(CCC#N)c1ccc(/N=N\c2ccc([N+](=O)[O-])cc2Cl)c(C)c1. The maximum absolute atomic E-state index is 10.9. The molecule has 0 unspecified atom stereocenters. The zero-order valence-corrected chi connectivity index (χ0v) is 20.9. The summed E-state index contributed by atoms with van der Waals surface area (Å²) in [6.07, 6.45) is 10.6. The van der Waals surface area contributed by atoms with Gasteiger partial charge in [-0.1, -0.05) is 63.5 Å². The second-order valence-corrected chi connectivity index (χ2v) is 8.84. The smallest absolute Gasteiger partial charge is 0.271 e. The van der Waals surface area contributed by atoms with Gasteiger partial charge in [0.25, 0.3) is 5.69 Å². The van der Waals surface area contributed by atoms with Crippen molar-refractivity contribution in [3.8, 4) is 6.07 Å². The number of aryl methyl sites for hydroxylation is 1. The van der Waals surface area contributed by atoms with Crippen LogP contribution in [0.3, 0.4) is 0 Å². The van der Waals surface area contributed by atoms with Crippen LogP contribution < -0.4 is 4.90 Å². The van der Waals surface area contributed by atoms with Gasteiger partial charge < -0.3 is 4.90 Å². The Morgan fingerprint density at radius 3 is 2.24 bits per heavy atom. The summed E-state index contributed by atoms with van der Waals surface area (Å²) in [4.78, 5) is 12.6. The first-order valence-electron chi connectivity index (χ1n) is 12.0. The van der Waals surface area contributed by atoms with Crippen LogP contribution in [0.2, 0.25) is 5.02 Å². The van der Waals surface area contributed by atoms with Gasteiger partial charge in [-0.3, -0.25) is 10.1 Å². The quantitative estimate of drug-likeness (QED) is 0.109. The number of hydrogen-bond donors (Lipinski definition) is 0. The van der Waals surface area contributed by atoms with Crippen LogP contribution in [-0.4, -0.2) is 18.0 Å². The Morgan fingerprint density at radius 1 is 0.971 bits per heavy atom. The first-order valence-corrected chi connectivity index (χ1v) is 12.4. The molecule has 0 aliphatic rings. The van der Waals surface area contributed by atoms with Crippen molar-refractivity contribution in [3.63, 3.8) is 0 Å². The van der Waals surface area contributed by atoms with Crippen LogP contribution >= 0.6 is 11.6 Å². The molecule has 0 radical (unpaired) electrons. The van der Waals surface area contributed by atoms with Gasteiger partial charge in [0.1, 0.15) is 5.69 Å². The number of hydrogen-bond acceptors (Lipinski definition) is 6. The fraction of sp³-hybridized carbons (Fsp3) is 0.500. The van der Waals surface area contributed by atoms with Gasteiger partial charge in [0.05, 0.1) is 28.1 Å². The summed E-state index contributed by atoms with van der Waals surface area (Å²) < 4.78 is 0. The van der Waals surface area contributed by atoms with E-state index in [1.807, 2.05) is 19.1 Å². The minimum absolute atomic E-state index is 0.0848. The minimum atomic E-state index is -0.499. The third-order valence-corrected chi connectivity index (χ3v) is 6.03. The fourth-order valence-corrected chi connectivity index (χ4v) is 3.95. The third kappa shape index (κ3) is 9.11. The number of non-ortho nitro benzene ring substituents is 1. The Kier molecular flexibility index (Phi) is 12.0. The second-order valence-electron chi connectivity index (χ2n) is 8.43. The number of azo groups is 1. The van der Waals surface area contributed by atoms with Gasteiger partial charge >= 0.3 is 0 Å². The predicted molar refractivity (Wildman–Crippen MR) is 139 cm³/mol. The van der Waals surface area contributed by atoms with Gasteiger partial charge in [-0.2, -0.15) is 10.4 Å². The normalized spacial score (nSPS) is 11.0. The summed E-state index contributed by atoms with van der Waals surface area (Å²) in [5.41, 5.74) is 3.02. The van der Waals surface area contributed by atoms with Gasteiger partial charge in [0.15, 0.2) is 0 Å². The van der Waals surface area contributed by atoms with Crippen molar-refractivity contribution in [2.45, 2.75) is 71.6 Å². The van der Waals surface area contributed by atoms with E-state index >= 15 is 0 Å².